The lowest BCUT2D eigenvalue weighted by Crippen LogP contribution is -2.40. The van der Waals surface area contributed by atoms with E-state index in [9.17, 15) is 18.0 Å². The standard InChI is InChI=1S/C24H23F3N2O/c25-24(26,27)20-10-4-2-9-18(20)15-23(12-6-1-7-13-23)22(30)29-19-14-17-8-3-5-11-21(17)28-16-19/h2-5,8-11,14,16H,1,6-7,12-13,15H2,(H,29,30). The van der Waals surface area contributed by atoms with Gasteiger partial charge in [0.05, 0.1) is 28.4 Å². The van der Waals surface area contributed by atoms with Crippen LogP contribution in [-0.2, 0) is 17.4 Å². The number of benzene rings is 2. The lowest BCUT2D eigenvalue weighted by molar-refractivity contribution is -0.139. The molecule has 0 saturated heterocycles. The van der Waals surface area contributed by atoms with Crippen molar-refractivity contribution >= 4 is 22.5 Å². The first kappa shape index (κ1) is 20.4. The van der Waals surface area contributed by atoms with Crippen LogP contribution in [-0.4, -0.2) is 10.9 Å². The Bertz CT molecular complexity index is 1060. The summed E-state index contributed by atoms with van der Waals surface area (Å²) in [5.41, 5.74) is 0.0502. The number of nitrogens with zero attached hydrogens (tertiary/aromatic N) is 1. The van der Waals surface area contributed by atoms with E-state index in [1.54, 1.807) is 12.3 Å². The molecule has 3 aromatic rings. The molecule has 0 radical (unpaired) electrons. The van der Waals surface area contributed by atoms with Crippen molar-refractivity contribution in [2.75, 3.05) is 5.32 Å². The number of halogens is 3. The van der Waals surface area contributed by atoms with E-state index in [0.717, 1.165) is 36.2 Å². The fraction of sp³-hybridized carbons (Fsp3) is 0.333. The van der Waals surface area contributed by atoms with Crippen LogP contribution in [0.15, 0.2) is 60.8 Å². The van der Waals surface area contributed by atoms with Crippen molar-refractivity contribution in [2.24, 2.45) is 5.41 Å². The fourth-order valence-corrected chi connectivity index (χ4v) is 4.43. The van der Waals surface area contributed by atoms with E-state index < -0.39 is 17.2 Å². The van der Waals surface area contributed by atoms with Gasteiger partial charge in [0, 0.05) is 5.39 Å². The number of aromatic nitrogens is 1. The predicted octanol–water partition coefficient (Wildman–Crippen LogP) is 6.39. The Morgan fingerprint density at radius 2 is 1.70 bits per heavy atom. The second-order valence-corrected chi connectivity index (χ2v) is 8.04. The van der Waals surface area contributed by atoms with Crippen molar-refractivity contribution in [2.45, 2.75) is 44.7 Å². The molecule has 1 fully saturated rings. The SMILES string of the molecule is O=C(Nc1cnc2ccccc2c1)C1(Cc2ccccc2C(F)(F)F)CCCCC1. The highest BCUT2D eigenvalue weighted by molar-refractivity contribution is 5.97. The number of para-hydroxylation sites is 1. The monoisotopic (exact) mass is 412 g/mol. The van der Waals surface area contributed by atoms with Crippen molar-refractivity contribution < 1.29 is 18.0 Å². The third-order valence-electron chi connectivity index (χ3n) is 5.99. The topological polar surface area (TPSA) is 42.0 Å². The number of anilines is 1. The van der Waals surface area contributed by atoms with Gasteiger partial charge in [-0.05, 0) is 43.0 Å². The number of hydrogen-bond acceptors (Lipinski definition) is 2. The molecule has 1 amide bonds. The highest BCUT2D eigenvalue weighted by atomic mass is 19.4. The zero-order valence-electron chi connectivity index (χ0n) is 16.5. The molecule has 3 nitrogen and oxygen atoms in total. The first-order chi connectivity index (χ1) is 14.4. The number of fused-ring (bicyclic) bond motifs is 1. The van der Waals surface area contributed by atoms with Gasteiger partial charge in [0.1, 0.15) is 0 Å². The summed E-state index contributed by atoms with van der Waals surface area (Å²) in [7, 11) is 0. The summed E-state index contributed by atoms with van der Waals surface area (Å²) in [5.74, 6) is -0.226. The predicted molar refractivity (Wildman–Crippen MR) is 111 cm³/mol. The van der Waals surface area contributed by atoms with Crippen LogP contribution in [0.5, 0.6) is 0 Å². The summed E-state index contributed by atoms with van der Waals surface area (Å²) in [6, 6.07) is 15.0. The summed E-state index contributed by atoms with van der Waals surface area (Å²) in [6.07, 6.45) is 1.04. The fourth-order valence-electron chi connectivity index (χ4n) is 4.43. The quantitative estimate of drug-likeness (QED) is 0.540. The van der Waals surface area contributed by atoms with Gasteiger partial charge in [-0.2, -0.15) is 13.2 Å². The van der Waals surface area contributed by atoms with Gasteiger partial charge in [-0.3, -0.25) is 9.78 Å². The van der Waals surface area contributed by atoms with E-state index >= 15 is 0 Å². The number of rotatable bonds is 4. The Labute approximate surface area is 173 Å². The maximum atomic E-state index is 13.5. The van der Waals surface area contributed by atoms with Gasteiger partial charge in [0.15, 0.2) is 0 Å². The molecule has 0 spiro atoms. The maximum absolute atomic E-state index is 13.5. The van der Waals surface area contributed by atoms with Gasteiger partial charge in [-0.25, -0.2) is 0 Å². The van der Waals surface area contributed by atoms with E-state index in [-0.39, 0.29) is 17.9 Å². The molecule has 0 bridgehead atoms. The zero-order valence-corrected chi connectivity index (χ0v) is 16.5. The largest absolute Gasteiger partial charge is 0.416 e. The smallest absolute Gasteiger partial charge is 0.324 e. The van der Waals surface area contributed by atoms with E-state index in [0.29, 0.717) is 18.5 Å². The van der Waals surface area contributed by atoms with Crippen molar-refractivity contribution in [3.05, 3.63) is 71.9 Å². The second kappa shape index (κ2) is 8.09. The van der Waals surface area contributed by atoms with Gasteiger partial charge in [0.2, 0.25) is 5.91 Å². The van der Waals surface area contributed by atoms with Crippen molar-refractivity contribution in [3.8, 4) is 0 Å². The summed E-state index contributed by atoms with van der Waals surface area (Å²) in [5, 5.41) is 3.84. The number of carbonyl (C=O) groups excluding carboxylic acids is 1. The molecule has 0 unspecified atom stereocenters. The summed E-state index contributed by atoms with van der Waals surface area (Å²) in [4.78, 5) is 17.7. The van der Waals surface area contributed by atoms with Crippen LogP contribution in [0.3, 0.4) is 0 Å². The molecular formula is C24H23F3N2O. The number of pyridine rings is 1. The summed E-state index contributed by atoms with van der Waals surface area (Å²) < 4.78 is 40.5. The second-order valence-electron chi connectivity index (χ2n) is 8.04. The van der Waals surface area contributed by atoms with Crippen molar-refractivity contribution in [1.82, 2.24) is 4.98 Å². The van der Waals surface area contributed by atoms with Crippen molar-refractivity contribution in [1.29, 1.82) is 0 Å². The van der Waals surface area contributed by atoms with Crippen LogP contribution >= 0.6 is 0 Å². The minimum absolute atomic E-state index is 0.0789. The number of hydrogen-bond donors (Lipinski definition) is 1. The van der Waals surface area contributed by atoms with E-state index in [1.807, 2.05) is 30.3 Å². The molecule has 1 heterocycles. The summed E-state index contributed by atoms with van der Waals surface area (Å²) >= 11 is 0. The van der Waals surface area contributed by atoms with Crippen LogP contribution in [0.4, 0.5) is 18.9 Å². The van der Waals surface area contributed by atoms with Gasteiger partial charge < -0.3 is 5.32 Å². The molecule has 6 heteroatoms. The molecule has 4 rings (SSSR count). The number of nitrogens with one attached hydrogen (secondary N) is 1. The first-order valence-electron chi connectivity index (χ1n) is 10.2. The molecule has 1 aliphatic rings. The average molecular weight is 412 g/mol. The lowest BCUT2D eigenvalue weighted by Gasteiger charge is -2.36. The van der Waals surface area contributed by atoms with E-state index in [1.165, 1.54) is 12.1 Å². The van der Waals surface area contributed by atoms with Crippen LogP contribution in [0, 0.1) is 5.41 Å². The van der Waals surface area contributed by atoms with E-state index in [4.69, 9.17) is 0 Å². The third kappa shape index (κ3) is 4.18. The molecular weight excluding hydrogens is 389 g/mol. The Balaban J connectivity index is 1.64. The molecule has 1 N–H and O–H groups in total. The highest BCUT2D eigenvalue weighted by Gasteiger charge is 2.42. The summed E-state index contributed by atoms with van der Waals surface area (Å²) in [6.45, 7) is 0. The molecule has 156 valence electrons. The number of alkyl halides is 3. The average Bonchev–Trinajstić information content (AvgIpc) is 2.74. The van der Waals surface area contributed by atoms with Gasteiger partial charge in [-0.15, -0.1) is 0 Å². The van der Waals surface area contributed by atoms with Crippen LogP contribution < -0.4 is 5.32 Å². The molecule has 2 aromatic carbocycles. The van der Waals surface area contributed by atoms with Gasteiger partial charge >= 0.3 is 6.18 Å². The van der Waals surface area contributed by atoms with Gasteiger partial charge in [-0.1, -0.05) is 55.7 Å². The lowest BCUT2D eigenvalue weighted by atomic mass is 9.69. The Morgan fingerprint density at radius 3 is 2.47 bits per heavy atom. The van der Waals surface area contributed by atoms with Gasteiger partial charge in [0.25, 0.3) is 0 Å². The van der Waals surface area contributed by atoms with Crippen LogP contribution in [0.1, 0.15) is 43.2 Å². The van der Waals surface area contributed by atoms with Crippen LogP contribution in [0.25, 0.3) is 10.9 Å². The zero-order chi connectivity index (χ0) is 21.2. The van der Waals surface area contributed by atoms with Crippen molar-refractivity contribution in [3.63, 3.8) is 0 Å². The third-order valence-corrected chi connectivity index (χ3v) is 5.99. The normalized spacial score (nSPS) is 16.4. The Morgan fingerprint density at radius 1 is 1.00 bits per heavy atom. The Hall–Kier alpha value is -2.89. The van der Waals surface area contributed by atoms with E-state index in [2.05, 4.69) is 10.3 Å². The Kier molecular flexibility index (Phi) is 5.50. The number of carbonyl (C=O) groups is 1. The maximum Gasteiger partial charge on any atom is 0.416 e. The molecule has 1 aromatic heterocycles. The molecule has 1 aliphatic carbocycles. The van der Waals surface area contributed by atoms with Crippen LogP contribution in [0.2, 0.25) is 0 Å². The first-order valence-corrected chi connectivity index (χ1v) is 10.2. The minimum atomic E-state index is -4.44. The molecule has 0 aliphatic heterocycles. The minimum Gasteiger partial charge on any atom is -0.324 e. The highest BCUT2D eigenvalue weighted by Crippen LogP contribution is 2.43. The number of amides is 1. The molecule has 30 heavy (non-hydrogen) atoms. The molecule has 1 saturated carbocycles. The molecule has 0 atom stereocenters.